The normalized spacial score (nSPS) is 15.5. The van der Waals surface area contributed by atoms with Crippen LogP contribution in [0.25, 0.3) is 11.1 Å². The smallest absolute Gasteiger partial charge is 0.328 e. The number of benzene rings is 2. The van der Waals surface area contributed by atoms with E-state index in [2.05, 4.69) is 5.32 Å². The molecular formula is C35H49NO5S. The zero-order valence-electron chi connectivity index (χ0n) is 26.3. The molecule has 0 bridgehead atoms. The molecule has 0 aliphatic heterocycles. The van der Waals surface area contributed by atoms with Gasteiger partial charge in [0.15, 0.2) is 0 Å². The van der Waals surface area contributed by atoms with E-state index in [0.717, 1.165) is 40.8 Å². The van der Waals surface area contributed by atoms with Gasteiger partial charge in [-0.25, -0.2) is 4.79 Å². The first-order chi connectivity index (χ1) is 20.0. The number of carbonyl (C=O) groups excluding carboxylic acids is 3. The summed E-state index contributed by atoms with van der Waals surface area (Å²) >= 11 is 1.61. The molecular weight excluding hydrogens is 546 g/mol. The van der Waals surface area contributed by atoms with Gasteiger partial charge in [0.2, 0.25) is 0 Å². The molecule has 0 heterocycles. The lowest BCUT2D eigenvalue weighted by molar-refractivity contribution is -0.160. The number of ether oxygens (including phenoxy) is 2. The lowest BCUT2D eigenvalue weighted by atomic mass is 9.82. The molecule has 2 aromatic rings. The van der Waals surface area contributed by atoms with Crippen LogP contribution in [0, 0.1) is 18.8 Å². The molecule has 7 heteroatoms. The lowest BCUT2D eigenvalue weighted by Crippen LogP contribution is -2.42. The van der Waals surface area contributed by atoms with Crippen molar-refractivity contribution in [2.45, 2.75) is 97.1 Å². The monoisotopic (exact) mass is 595 g/mol. The number of aryl methyl sites for hydroxylation is 1. The number of methoxy groups -OCH3 is 1. The van der Waals surface area contributed by atoms with Crippen LogP contribution < -0.4 is 5.32 Å². The number of rotatable bonds is 13. The van der Waals surface area contributed by atoms with Gasteiger partial charge in [0.05, 0.1) is 13.0 Å². The molecule has 1 amide bonds. The van der Waals surface area contributed by atoms with Gasteiger partial charge in [-0.2, -0.15) is 11.8 Å². The number of esters is 2. The Morgan fingerprint density at radius 1 is 0.976 bits per heavy atom. The topological polar surface area (TPSA) is 81.7 Å². The van der Waals surface area contributed by atoms with Crippen molar-refractivity contribution in [1.29, 1.82) is 0 Å². The number of nitrogens with one attached hydrogen (secondary N) is 1. The van der Waals surface area contributed by atoms with E-state index in [-0.39, 0.29) is 17.8 Å². The molecule has 2 aromatic carbocycles. The summed E-state index contributed by atoms with van der Waals surface area (Å²) in [5.74, 6) is 0.197. The van der Waals surface area contributed by atoms with E-state index >= 15 is 0 Å². The maximum atomic E-state index is 13.6. The van der Waals surface area contributed by atoms with Crippen LogP contribution in [-0.2, 0) is 25.5 Å². The molecule has 0 spiro atoms. The van der Waals surface area contributed by atoms with Crippen LogP contribution in [0.15, 0.2) is 42.5 Å². The predicted octanol–water partition coefficient (Wildman–Crippen LogP) is 7.55. The lowest BCUT2D eigenvalue weighted by Gasteiger charge is -2.27. The highest BCUT2D eigenvalue weighted by Gasteiger charge is 2.28. The summed E-state index contributed by atoms with van der Waals surface area (Å²) in [7, 11) is 1.34. The van der Waals surface area contributed by atoms with Gasteiger partial charge >= 0.3 is 11.9 Å². The fourth-order valence-corrected chi connectivity index (χ4v) is 6.23. The zero-order valence-corrected chi connectivity index (χ0v) is 27.1. The second-order valence-electron chi connectivity index (χ2n) is 12.5. The van der Waals surface area contributed by atoms with Crippen LogP contribution in [0.1, 0.15) is 93.6 Å². The van der Waals surface area contributed by atoms with Gasteiger partial charge in [-0.15, -0.1) is 0 Å². The zero-order chi connectivity index (χ0) is 30.7. The third kappa shape index (κ3) is 10.2. The molecule has 1 N–H and O–H groups in total. The van der Waals surface area contributed by atoms with Crippen molar-refractivity contribution >= 4 is 29.6 Å². The number of hydrogen-bond donors (Lipinski definition) is 1. The second kappa shape index (κ2) is 16.2. The van der Waals surface area contributed by atoms with Crippen molar-refractivity contribution in [3.63, 3.8) is 0 Å². The van der Waals surface area contributed by atoms with Crippen LogP contribution >= 0.6 is 11.8 Å². The van der Waals surface area contributed by atoms with E-state index in [0.29, 0.717) is 24.3 Å². The van der Waals surface area contributed by atoms with Gasteiger partial charge in [-0.05, 0) is 99.6 Å². The average molecular weight is 596 g/mol. The van der Waals surface area contributed by atoms with E-state index in [1.165, 1.54) is 39.2 Å². The third-order valence-electron chi connectivity index (χ3n) is 8.04. The van der Waals surface area contributed by atoms with Crippen LogP contribution in [0.4, 0.5) is 0 Å². The van der Waals surface area contributed by atoms with Gasteiger partial charge in [0.1, 0.15) is 11.6 Å². The largest absolute Gasteiger partial charge is 0.467 e. The third-order valence-corrected chi connectivity index (χ3v) is 8.68. The maximum absolute atomic E-state index is 13.6. The number of carbonyl (C=O) groups is 3. The summed E-state index contributed by atoms with van der Waals surface area (Å²) in [6.07, 6.45) is 11.2. The van der Waals surface area contributed by atoms with E-state index in [4.69, 9.17) is 9.47 Å². The Bertz CT molecular complexity index is 1200. The van der Waals surface area contributed by atoms with E-state index in [9.17, 15) is 14.4 Å². The van der Waals surface area contributed by atoms with Crippen molar-refractivity contribution in [2.24, 2.45) is 11.8 Å². The highest BCUT2D eigenvalue weighted by molar-refractivity contribution is 7.98. The molecule has 1 aliphatic rings. The molecule has 42 heavy (non-hydrogen) atoms. The van der Waals surface area contributed by atoms with Crippen molar-refractivity contribution in [1.82, 2.24) is 5.32 Å². The minimum atomic E-state index is -0.726. The Balaban J connectivity index is 1.93. The molecule has 2 atom stereocenters. The fourth-order valence-electron chi connectivity index (χ4n) is 5.76. The molecule has 1 aliphatic carbocycles. The average Bonchev–Trinajstić information content (AvgIpc) is 2.96. The highest BCUT2D eigenvalue weighted by Crippen LogP contribution is 2.32. The summed E-state index contributed by atoms with van der Waals surface area (Å²) in [5.41, 5.74) is 3.68. The Morgan fingerprint density at radius 3 is 2.33 bits per heavy atom. The SMILES string of the molecule is COC(=O)C(CCSC)NC(=O)c1ccc(CC(CCC2CCCCC2)C(=O)OC(C)(C)C)cc1-c1ccccc1C. The molecule has 3 rings (SSSR count). The number of hydrogen-bond acceptors (Lipinski definition) is 6. The summed E-state index contributed by atoms with van der Waals surface area (Å²) < 4.78 is 10.8. The first-order valence-corrected chi connectivity index (χ1v) is 16.7. The maximum Gasteiger partial charge on any atom is 0.328 e. The van der Waals surface area contributed by atoms with Gasteiger partial charge in [-0.1, -0.05) is 68.5 Å². The Kier molecular flexibility index (Phi) is 13.0. The number of thioether (sulfide) groups is 1. The fraction of sp³-hybridized carbons (Fsp3) is 0.571. The quantitative estimate of drug-likeness (QED) is 0.241. The molecule has 0 radical (unpaired) electrons. The van der Waals surface area contributed by atoms with Crippen LogP contribution in [-0.4, -0.2) is 48.6 Å². The standard InChI is InChI=1S/C35H49NO5S/c1-24-12-10-11-15-28(24)30-23-26(17-19-29(30)32(37)36-31(20-21-42-6)34(39)40-5)22-27(33(38)41-35(2,3)4)18-16-25-13-8-7-9-14-25/h10-12,15,17,19,23,25,27,31H,7-9,13-14,16,18,20-22H2,1-6H3,(H,36,37). The summed E-state index contributed by atoms with van der Waals surface area (Å²) in [6, 6.07) is 13.0. The van der Waals surface area contributed by atoms with Crippen molar-refractivity contribution in [2.75, 3.05) is 19.1 Å². The Labute approximate surface area is 256 Å². The molecule has 0 saturated heterocycles. The van der Waals surface area contributed by atoms with E-state index in [1.54, 1.807) is 11.8 Å². The van der Waals surface area contributed by atoms with Crippen LogP contribution in [0.5, 0.6) is 0 Å². The molecule has 1 saturated carbocycles. The minimum Gasteiger partial charge on any atom is -0.467 e. The molecule has 0 aromatic heterocycles. The van der Waals surface area contributed by atoms with E-state index < -0.39 is 17.6 Å². The van der Waals surface area contributed by atoms with Crippen molar-refractivity contribution in [3.05, 3.63) is 59.2 Å². The Morgan fingerprint density at radius 2 is 1.69 bits per heavy atom. The van der Waals surface area contributed by atoms with E-state index in [1.807, 2.05) is 76.4 Å². The summed E-state index contributed by atoms with van der Waals surface area (Å²) in [5, 5.41) is 2.91. The first-order valence-electron chi connectivity index (χ1n) is 15.3. The molecule has 230 valence electrons. The molecule has 2 unspecified atom stereocenters. The van der Waals surface area contributed by atoms with Gasteiger partial charge in [-0.3, -0.25) is 9.59 Å². The van der Waals surface area contributed by atoms with Gasteiger partial charge in [0.25, 0.3) is 5.91 Å². The predicted molar refractivity (Wildman–Crippen MR) is 172 cm³/mol. The first kappa shape index (κ1) is 33.7. The Hall–Kier alpha value is -2.80. The van der Waals surface area contributed by atoms with Crippen molar-refractivity contribution in [3.8, 4) is 11.1 Å². The minimum absolute atomic E-state index is 0.160. The molecule has 1 fully saturated rings. The van der Waals surface area contributed by atoms with Gasteiger partial charge in [0, 0.05) is 5.56 Å². The summed E-state index contributed by atoms with van der Waals surface area (Å²) in [6.45, 7) is 7.75. The van der Waals surface area contributed by atoms with Crippen molar-refractivity contribution < 1.29 is 23.9 Å². The van der Waals surface area contributed by atoms with Crippen LogP contribution in [0.2, 0.25) is 0 Å². The molecule has 6 nitrogen and oxygen atoms in total. The highest BCUT2D eigenvalue weighted by atomic mass is 32.2. The summed E-state index contributed by atoms with van der Waals surface area (Å²) in [4.78, 5) is 39.4. The van der Waals surface area contributed by atoms with Gasteiger partial charge < -0.3 is 14.8 Å². The van der Waals surface area contributed by atoms with Crippen LogP contribution in [0.3, 0.4) is 0 Å². The number of amides is 1. The second-order valence-corrected chi connectivity index (χ2v) is 13.5.